The Labute approximate surface area is 115 Å². The summed E-state index contributed by atoms with van der Waals surface area (Å²) in [6.07, 6.45) is 2.33. The minimum atomic E-state index is 0.217. The van der Waals surface area contributed by atoms with Crippen molar-refractivity contribution in [3.63, 3.8) is 0 Å². The summed E-state index contributed by atoms with van der Waals surface area (Å²) in [5.74, 6) is 2.41. The summed E-state index contributed by atoms with van der Waals surface area (Å²) < 4.78 is 5.77. The van der Waals surface area contributed by atoms with Gasteiger partial charge in [-0.2, -0.15) is 0 Å². The van der Waals surface area contributed by atoms with Crippen LogP contribution in [0, 0.1) is 6.92 Å². The van der Waals surface area contributed by atoms with Gasteiger partial charge >= 0.3 is 0 Å². The van der Waals surface area contributed by atoms with Crippen LogP contribution in [0.3, 0.4) is 0 Å². The molecule has 0 radical (unpaired) electrons. The van der Waals surface area contributed by atoms with E-state index in [0.717, 1.165) is 43.1 Å². The quantitative estimate of drug-likeness (QED) is 0.903. The van der Waals surface area contributed by atoms with Crippen molar-refractivity contribution in [3.8, 4) is 0 Å². The van der Waals surface area contributed by atoms with Gasteiger partial charge in [0.15, 0.2) is 0 Å². The van der Waals surface area contributed by atoms with Crippen molar-refractivity contribution in [3.05, 3.63) is 11.4 Å². The molecular weight excluding hydrogens is 240 g/mol. The van der Waals surface area contributed by atoms with E-state index < -0.39 is 0 Å². The summed E-state index contributed by atoms with van der Waals surface area (Å²) in [6.45, 7) is 10.0. The second-order valence-corrected chi connectivity index (χ2v) is 5.39. The van der Waals surface area contributed by atoms with Crippen molar-refractivity contribution in [2.45, 2.75) is 52.7 Å². The number of hydrogen-bond acceptors (Lipinski definition) is 5. The number of aryl methyl sites for hydroxylation is 1. The molecule has 2 atom stereocenters. The minimum Gasteiger partial charge on any atom is -0.383 e. The summed E-state index contributed by atoms with van der Waals surface area (Å²) in [4.78, 5) is 11.3. The van der Waals surface area contributed by atoms with Gasteiger partial charge in [-0.05, 0) is 27.2 Å². The van der Waals surface area contributed by atoms with Crippen molar-refractivity contribution in [1.29, 1.82) is 0 Å². The van der Waals surface area contributed by atoms with Crippen LogP contribution in [-0.4, -0.2) is 35.3 Å². The second kappa shape index (κ2) is 5.74. The maximum atomic E-state index is 6.02. The van der Waals surface area contributed by atoms with Crippen molar-refractivity contribution >= 4 is 11.6 Å². The fraction of sp³-hybridized carbons (Fsp3) is 0.714. The highest BCUT2D eigenvalue weighted by molar-refractivity contribution is 5.56. The number of nitrogen functional groups attached to an aromatic ring is 1. The summed E-state index contributed by atoms with van der Waals surface area (Å²) in [6, 6.07) is 0. The predicted molar refractivity (Wildman–Crippen MR) is 77.4 cm³/mol. The zero-order valence-electron chi connectivity index (χ0n) is 12.3. The van der Waals surface area contributed by atoms with Gasteiger partial charge in [0.25, 0.3) is 0 Å². The molecule has 1 aromatic rings. The molecule has 1 saturated heterocycles. The van der Waals surface area contributed by atoms with Crippen LogP contribution in [0.1, 0.15) is 38.6 Å². The highest BCUT2D eigenvalue weighted by atomic mass is 16.5. The molecule has 1 aliphatic rings. The predicted octanol–water partition coefficient (Wildman–Crippen LogP) is 1.93. The van der Waals surface area contributed by atoms with Crippen LogP contribution in [0.25, 0.3) is 0 Å². The molecule has 1 aliphatic heterocycles. The van der Waals surface area contributed by atoms with Crippen molar-refractivity contribution < 1.29 is 4.74 Å². The second-order valence-electron chi connectivity index (χ2n) is 5.39. The molecule has 0 spiro atoms. The lowest BCUT2D eigenvalue weighted by atomic mass is 10.2. The van der Waals surface area contributed by atoms with Crippen LogP contribution in [0.15, 0.2) is 0 Å². The Hall–Kier alpha value is -1.36. The molecule has 5 nitrogen and oxygen atoms in total. The SMILES string of the molecule is CCCc1nc(N)c(C)c(N2C[C@@H](C)O[C@@H](C)C2)n1. The molecule has 5 heteroatoms. The largest absolute Gasteiger partial charge is 0.383 e. The third kappa shape index (κ3) is 3.15. The molecule has 106 valence electrons. The van der Waals surface area contributed by atoms with Gasteiger partial charge in [-0.1, -0.05) is 6.92 Å². The van der Waals surface area contributed by atoms with E-state index in [2.05, 4.69) is 30.7 Å². The third-order valence-corrected chi connectivity index (χ3v) is 3.40. The normalized spacial score (nSPS) is 23.7. The maximum Gasteiger partial charge on any atom is 0.137 e. The van der Waals surface area contributed by atoms with E-state index in [0.29, 0.717) is 5.82 Å². The van der Waals surface area contributed by atoms with E-state index in [1.165, 1.54) is 0 Å². The number of nitrogens with zero attached hydrogens (tertiary/aromatic N) is 3. The summed E-state index contributed by atoms with van der Waals surface area (Å²) >= 11 is 0. The average molecular weight is 264 g/mol. The summed E-state index contributed by atoms with van der Waals surface area (Å²) in [5, 5.41) is 0. The molecule has 0 bridgehead atoms. The zero-order chi connectivity index (χ0) is 14.0. The highest BCUT2D eigenvalue weighted by Gasteiger charge is 2.25. The fourth-order valence-corrected chi connectivity index (χ4v) is 2.56. The van der Waals surface area contributed by atoms with Gasteiger partial charge in [-0.25, -0.2) is 9.97 Å². The molecule has 0 amide bonds. The van der Waals surface area contributed by atoms with E-state index in [-0.39, 0.29) is 12.2 Å². The first-order chi connectivity index (χ1) is 9.01. The van der Waals surface area contributed by atoms with Crippen molar-refractivity contribution in [1.82, 2.24) is 9.97 Å². The Kier molecular flexibility index (Phi) is 4.24. The van der Waals surface area contributed by atoms with Crippen LogP contribution in [0.5, 0.6) is 0 Å². The van der Waals surface area contributed by atoms with E-state index in [1.807, 2.05) is 6.92 Å². The zero-order valence-corrected chi connectivity index (χ0v) is 12.3. The molecule has 0 aliphatic carbocycles. The first kappa shape index (κ1) is 14.1. The number of hydrogen-bond donors (Lipinski definition) is 1. The van der Waals surface area contributed by atoms with Gasteiger partial charge < -0.3 is 15.4 Å². The van der Waals surface area contributed by atoms with Crippen molar-refractivity contribution in [2.75, 3.05) is 23.7 Å². The first-order valence-electron chi connectivity index (χ1n) is 7.04. The Balaban J connectivity index is 2.31. The Bertz CT molecular complexity index is 439. The van der Waals surface area contributed by atoms with Crippen LogP contribution < -0.4 is 10.6 Å². The van der Waals surface area contributed by atoms with E-state index in [1.54, 1.807) is 0 Å². The Morgan fingerprint density at radius 2 is 1.89 bits per heavy atom. The number of anilines is 2. The molecule has 1 aromatic heterocycles. The average Bonchev–Trinajstić information content (AvgIpc) is 2.32. The number of rotatable bonds is 3. The highest BCUT2D eigenvalue weighted by Crippen LogP contribution is 2.25. The van der Waals surface area contributed by atoms with Crippen LogP contribution in [-0.2, 0) is 11.2 Å². The van der Waals surface area contributed by atoms with Gasteiger partial charge in [0, 0.05) is 25.1 Å². The molecule has 1 fully saturated rings. The maximum absolute atomic E-state index is 6.02. The van der Waals surface area contributed by atoms with E-state index >= 15 is 0 Å². The van der Waals surface area contributed by atoms with Gasteiger partial charge in [0.2, 0.25) is 0 Å². The molecule has 0 saturated carbocycles. The van der Waals surface area contributed by atoms with Crippen LogP contribution in [0.2, 0.25) is 0 Å². The molecule has 2 heterocycles. The fourth-order valence-electron chi connectivity index (χ4n) is 2.56. The van der Waals surface area contributed by atoms with E-state index in [4.69, 9.17) is 15.5 Å². The lowest BCUT2D eigenvalue weighted by Gasteiger charge is -2.36. The smallest absolute Gasteiger partial charge is 0.137 e. The number of ether oxygens (including phenoxy) is 1. The Morgan fingerprint density at radius 1 is 1.26 bits per heavy atom. The number of nitrogens with two attached hydrogens (primary N) is 1. The first-order valence-corrected chi connectivity index (χ1v) is 7.04. The van der Waals surface area contributed by atoms with Crippen molar-refractivity contribution in [2.24, 2.45) is 0 Å². The van der Waals surface area contributed by atoms with Crippen LogP contribution in [0.4, 0.5) is 11.6 Å². The van der Waals surface area contributed by atoms with Gasteiger partial charge in [-0.15, -0.1) is 0 Å². The van der Waals surface area contributed by atoms with Gasteiger partial charge in [0.1, 0.15) is 17.5 Å². The molecule has 19 heavy (non-hydrogen) atoms. The molecule has 0 aromatic carbocycles. The number of aromatic nitrogens is 2. The summed E-state index contributed by atoms with van der Waals surface area (Å²) in [5.41, 5.74) is 6.99. The lowest BCUT2D eigenvalue weighted by Crippen LogP contribution is -2.46. The standard InChI is InChI=1S/C14H24N4O/c1-5-6-12-16-13(15)11(4)14(17-12)18-7-9(2)19-10(3)8-18/h9-10H,5-8H2,1-4H3,(H2,15,16,17)/t9-,10+. The third-order valence-electron chi connectivity index (χ3n) is 3.40. The Morgan fingerprint density at radius 3 is 2.47 bits per heavy atom. The summed E-state index contributed by atoms with van der Waals surface area (Å²) in [7, 11) is 0. The number of morpholine rings is 1. The van der Waals surface area contributed by atoms with Gasteiger partial charge in [0.05, 0.1) is 12.2 Å². The molecule has 2 N–H and O–H groups in total. The molecule has 2 rings (SSSR count). The van der Waals surface area contributed by atoms with Crippen LogP contribution >= 0.6 is 0 Å². The molecular formula is C14H24N4O. The monoisotopic (exact) mass is 264 g/mol. The van der Waals surface area contributed by atoms with E-state index in [9.17, 15) is 0 Å². The van der Waals surface area contributed by atoms with Gasteiger partial charge in [-0.3, -0.25) is 0 Å². The topological polar surface area (TPSA) is 64.3 Å². The minimum absolute atomic E-state index is 0.217. The molecule has 0 unspecified atom stereocenters. The lowest BCUT2D eigenvalue weighted by molar-refractivity contribution is -0.00550.